The highest BCUT2D eigenvalue weighted by molar-refractivity contribution is 5.23. The van der Waals surface area contributed by atoms with Crippen LogP contribution in [0.5, 0.6) is 0 Å². The molecule has 7 N–H and O–H groups in total. The van der Waals surface area contributed by atoms with Crippen LogP contribution in [0.15, 0.2) is 38.9 Å². The first-order chi connectivity index (χ1) is 19.5. The molecule has 4 heterocycles. The molecule has 0 bridgehead atoms. The van der Waals surface area contributed by atoms with Crippen molar-refractivity contribution in [1.82, 2.24) is 19.1 Å². The molecule has 236 valence electrons. The molecule has 2 aliphatic heterocycles. The van der Waals surface area contributed by atoms with Crippen molar-refractivity contribution < 1.29 is 65.7 Å². The Kier molecular flexibility index (Phi) is 10.1. The summed E-state index contributed by atoms with van der Waals surface area (Å²) in [6, 6.07) is 2.07. The van der Waals surface area contributed by atoms with Gasteiger partial charge in [-0.2, -0.15) is 4.98 Å². The molecule has 0 radical (unpaired) electrons. The molecule has 42 heavy (non-hydrogen) atoms. The number of hydrogen-bond donors (Lipinski definition) is 6. The van der Waals surface area contributed by atoms with Gasteiger partial charge in [-0.05, 0) is 6.07 Å². The lowest BCUT2D eigenvalue weighted by molar-refractivity contribution is -0.356. The number of aliphatic hydroxyl groups is 4. The summed E-state index contributed by atoms with van der Waals surface area (Å²) in [5.74, 6) is -0.123. The van der Waals surface area contributed by atoms with Crippen LogP contribution in [-0.2, 0) is 18.9 Å². The van der Waals surface area contributed by atoms with E-state index in [0.717, 1.165) is 18.5 Å². The Morgan fingerprint density at radius 1 is 0.857 bits per heavy atom. The number of aliphatic hydroxyl groups excluding tert-OH is 4. The van der Waals surface area contributed by atoms with Gasteiger partial charge in [0.1, 0.15) is 42.4 Å². The Balaban J connectivity index is 0.000000230. The van der Waals surface area contributed by atoms with Gasteiger partial charge >= 0.3 is 24.1 Å². The van der Waals surface area contributed by atoms with Gasteiger partial charge in [0.25, 0.3) is 5.56 Å². The number of aromatic nitrogens is 4. The zero-order chi connectivity index (χ0) is 31.6. The Labute approximate surface area is 228 Å². The number of rotatable bonds is 6. The number of anilines is 1. The standard InChI is InChI=1S/C10H12F3N3O5.C10H11F3N2O6/c11-10(12,13)21-7-6(18)4(3-17)20-8(7)16-2-1-5(14)15-9(16)19;11-10(12,13)21-7-6(18)4(3-16)20-8(7)15-2-1-5(17)14-9(15)19/h1-2,4,6-8,17-18H,3H2,(H2,14,15,19);1-2,4,6-8,16,18H,3H2,(H,14,17,19)/t2*4-,6+,7?,8-/m11/s1. The summed E-state index contributed by atoms with van der Waals surface area (Å²) in [6.45, 7) is -1.51. The maximum Gasteiger partial charge on any atom is 0.523 e. The molecule has 2 saturated heterocycles. The fourth-order valence-electron chi connectivity index (χ4n) is 4.00. The number of hydrogen-bond acceptors (Lipinski definition) is 13. The Morgan fingerprint density at radius 2 is 1.31 bits per heavy atom. The van der Waals surface area contributed by atoms with Gasteiger partial charge in [-0.15, -0.1) is 26.3 Å². The first-order valence-corrected chi connectivity index (χ1v) is 11.5. The maximum atomic E-state index is 12.4. The van der Waals surface area contributed by atoms with E-state index in [1.807, 2.05) is 4.98 Å². The van der Waals surface area contributed by atoms with Gasteiger partial charge in [-0.3, -0.25) is 28.4 Å². The van der Waals surface area contributed by atoms with Crippen LogP contribution >= 0.6 is 0 Å². The van der Waals surface area contributed by atoms with Crippen LogP contribution in [0.25, 0.3) is 0 Å². The van der Waals surface area contributed by atoms with E-state index < -0.39 is 92.0 Å². The van der Waals surface area contributed by atoms with E-state index in [9.17, 15) is 50.9 Å². The van der Waals surface area contributed by atoms with Gasteiger partial charge in [0.05, 0.1) is 13.2 Å². The van der Waals surface area contributed by atoms with Crippen molar-refractivity contribution in [2.75, 3.05) is 18.9 Å². The van der Waals surface area contributed by atoms with E-state index in [2.05, 4.69) is 14.5 Å². The topological polar surface area (TPSA) is 234 Å². The number of halogens is 6. The fraction of sp³-hybridized carbons (Fsp3) is 0.600. The summed E-state index contributed by atoms with van der Waals surface area (Å²) >= 11 is 0. The molecule has 22 heteroatoms. The van der Waals surface area contributed by atoms with Crippen LogP contribution < -0.4 is 22.7 Å². The van der Waals surface area contributed by atoms with E-state index in [0.29, 0.717) is 9.13 Å². The minimum Gasteiger partial charge on any atom is -0.394 e. The van der Waals surface area contributed by atoms with E-state index in [4.69, 9.17) is 25.4 Å². The van der Waals surface area contributed by atoms with Gasteiger partial charge in [-0.25, -0.2) is 9.59 Å². The molecule has 2 unspecified atom stereocenters. The molecule has 0 amide bonds. The monoisotopic (exact) mass is 623 g/mol. The van der Waals surface area contributed by atoms with Crippen LogP contribution in [-0.4, -0.2) is 102 Å². The maximum absolute atomic E-state index is 12.4. The van der Waals surface area contributed by atoms with Gasteiger partial charge in [0.15, 0.2) is 12.5 Å². The number of H-pyrrole nitrogens is 1. The number of nitrogens with zero attached hydrogens (tertiary/aromatic N) is 3. The molecule has 0 aromatic carbocycles. The first-order valence-electron chi connectivity index (χ1n) is 11.5. The van der Waals surface area contributed by atoms with Crippen molar-refractivity contribution in [3.63, 3.8) is 0 Å². The molecule has 0 spiro atoms. The zero-order valence-corrected chi connectivity index (χ0v) is 20.7. The van der Waals surface area contributed by atoms with Gasteiger partial charge in [-0.1, -0.05) is 0 Å². The molecular weight excluding hydrogens is 600 g/mol. The molecule has 8 atom stereocenters. The highest BCUT2D eigenvalue weighted by Gasteiger charge is 2.52. The summed E-state index contributed by atoms with van der Waals surface area (Å²) in [4.78, 5) is 39.4. The molecule has 2 aromatic heterocycles. The molecule has 16 nitrogen and oxygen atoms in total. The average Bonchev–Trinajstić information content (AvgIpc) is 3.33. The van der Waals surface area contributed by atoms with Crippen LogP contribution in [0.2, 0.25) is 0 Å². The van der Waals surface area contributed by atoms with Crippen LogP contribution in [0.3, 0.4) is 0 Å². The summed E-state index contributed by atoms with van der Waals surface area (Å²) in [5, 5.41) is 37.4. The molecule has 2 aromatic rings. The number of nitrogens with two attached hydrogens (primary N) is 1. The average molecular weight is 623 g/mol. The second-order valence-corrected chi connectivity index (χ2v) is 8.59. The Hall–Kier alpha value is -3.38. The van der Waals surface area contributed by atoms with Crippen LogP contribution in [0.4, 0.5) is 32.2 Å². The number of nitrogen functional groups attached to an aromatic ring is 1. The van der Waals surface area contributed by atoms with Crippen LogP contribution in [0, 0.1) is 0 Å². The number of ether oxygens (including phenoxy) is 4. The van der Waals surface area contributed by atoms with Crippen molar-refractivity contribution in [3.05, 3.63) is 55.8 Å². The summed E-state index contributed by atoms with van der Waals surface area (Å²) < 4.78 is 93.2. The predicted octanol–water partition coefficient (Wildman–Crippen LogP) is -2.33. The fourth-order valence-corrected chi connectivity index (χ4v) is 4.00. The Bertz CT molecular complexity index is 1380. The van der Waals surface area contributed by atoms with Crippen molar-refractivity contribution in [1.29, 1.82) is 0 Å². The summed E-state index contributed by atoms with van der Waals surface area (Å²) in [5.41, 5.74) is 2.53. The van der Waals surface area contributed by atoms with Crippen molar-refractivity contribution in [3.8, 4) is 0 Å². The van der Waals surface area contributed by atoms with Crippen LogP contribution in [0.1, 0.15) is 12.5 Å². The lowest BCUT2D eigenvalue weighted by Gasteiger charge is -2.23. The normalized spacial score (nSPS) is 29.8. The lowest BCUT2D eigenvalue weighted by Crippen LogP contribution is -2.41. The smallest absolute Gasteiger partial charge is 0.394 e. The number of alkyl halides is 6. The predicted molar refractivity (Wildman–Crippen MR) is 120 cm³/mol. The van der Waals surface area contributed by atoms with Gasteiger partial charge in [0, 0.05) is 18.5 Å². The number of nitrogens with one attached hydrogen (secondary N) is 1. The van der Waals surface area contributed by atoms with E-state index in [1.165, 1.54) is 6.07 Å². The summed E-state index contributed by atoms with van der Waals surface area (Å²) in [6.07, 6.45) is -21.6. The SMILES string of the molecule is Nc1ccn([C@@H]2O[C@H](CO)[C@H](O)C2OC(F)(F)F)c(=O)n1.O=c1ccn([C@@H]2O[C@H](CO)[C@H](O)C2OC(F)(F)F)c(=O)[nH]1. The number of aromatic amines is 1. The molecule has 2 aliphatic rings. The molecule has 4 rings (SSSR count). The highest BCUT2D eigenvalue weighted by Crippen LogP contribution is 2.36. The third-order valence-corrected chi connectivity index (χ3v) is 5.78. The minimum absolute atomic E-state index is 0.123. The van der Waals surface area contributed by atoms with E-state index in [1.54, 1.807) is 0 Å². The lowest BCUT2D eigenvalue weighted by atomic mass is 10.1. The second-order valence-electron chi connectivity index (χ2n) is 8.59. The summed E-state index contributed by atoms with van der Waals surface area (Å²) in [7, 11) is 0. The second kappa shape index (κ2) is 12.9. The molecule has 2 fully saturated rings. The van der Waals surface area contributed by atoms with Gasteiger partial charge in [0.2, 0.25) is 0 Å². The zero-order valence-electron chi connectivity index (χ0n) is 20.7. The largest absolute Gasteiger partial charge is 0.523 e. The Morgan fingerprint density at radius 3 is 1.71 bits per heavy atom. The van der Waals surface area contributed by atoms with Crippen molar-refractivity contribution in [2.45, 2.75) is 61.8 Å². The highest BCUT2D eigenvalue weighted by atomic mass is 19.4. The third-order valence-electron chi connectivity index (χ3n) is 5.78. The first kappa shape index (κ1) is 33.1. The molecular formula is C20H23F6N5O11. The van der Waals surface area contributed by atoms with E-state index >= 15 is 0 Å². The third kappa shape index (κ3) is 7.91. The molecule has 0 aliphatic carbocycles. The van der Waals surface area contributed by atoms with Gasteiger partial charge < -0.3 is 35.6 Å². The molecule has 0 saturated carbocycles. The quantitative estimate of drug-likeness (QED) is 0.186. The van der Waals surface area contributed by atoms with Crippen molar-refractivity contribution >= 4 is 5.82 Å². The minimum atomic E-state index is -5.08. The van der Waals surface area contributed by atoms with E-state index in [-0.39, 0.29) is 5.82 Å². The van der Waals surface area contributed by atoms with Crippen molar-refractivity contribution in [2.24, 2.45) is 0 Å².